The third-order valence-electron chi connectivity index (χ3n) is 3.52. The molecule has 0 saturated carbocycles. The highest BCUT2D eigenvalue weighted by Crippen LogP contribution is 2.12. The summed E-state index contributed by atoms with van der Waals surface area (Å²) < 4.78 is 0. The van der Waals surface area contributed by atoms with Gasteiger partial charge < -0.3 is 5.32 Å². The molecular formula is C12H26N2. The summed E-state index contributed by atoms with van der Waals surface area (Å²) in [4.78, 5) is 2.65. The summed E-state index contributed by atoms with van der Waals surface area (Å²) in [5, 5.41) is 3.60. The molecule has 1 heterocycles. The standard InChI is InChI=1S/C12H26N2/c1-5-10(3)8-14-9-12(6-2)13-7-11(14)4/h10-13H,5-9H2,1-4H3. The van der Waals surface area contributed by atoms with Crippen molar-refractivity contribution in [3.8, 4) is 0 Å². The monoisotopic (exact) mass is 198 g/mol. The fourth-order valence-corrected chi connectivity index (χ4v) is 2.05. The molecule has 2 nitrogen and oxygen atoms in total. The molecule has 1 rings (SSSR count). The van der Waals surface area contributed by atoms with Crippen molar-refractivity contribution < 1.29 is 0 Å². The second kappa shape index (κ2) is 5.72. The Bertz CT molecular complexity index is 156. The number of nitrogens with zero attached hydrogens (tertiary/aromatic N) is 1. The molecule has 2 heteroatoms. The predicted octanol–water partition coefficient (Wildman–Crippen LogP) is 2.10. The van der Waals surface area contributed by atoms with E-state index in [9.17, 15) is 0 Å². The molecule has 1 N–H and O–H groups in total. The molecule has 1 aliphatic rings. The van der Waals surface area contributed by atoms with E-state index in [1.807, 2.05) is 0 Å². The molecule has 0 aliphatic carbocycles. The van der Waals surface area contributed by atoms with Crippen molar-refractivity contribution in [2.24, 2.45) is 5.92 Å². The van der Waals surface area contributed by atoms with Crippen molar-refractivity contribution in [2.45, 2.75) is 52.6 Å². The molecule has 0 aromatic carbocycles. The van der Waals surface area contributed by atoms with Crippen LogP contribution in [0.3, 0.4) is 0 Å². The Morgan fingerprint density at radius 3 is 2.71 bits per heavy atom. The summed E-state index contributed by atoms with van der Waals surface area (Å²) in [5.41, 5.74) is 0. The Labute approximate surface area is 89.1 Å². The summed E-state index contributed by atoms with van der Waals surface area (Å²) in [6, 6.07) is 1.43. The Hall–Kier alpha value is -0.0800. The van der Waals surface area contributed by atoms with E-state index in [4.69, 9.17) is 0 Å². The fraction of sp³-hybridized carbons (Fsp3) is 1.00. The van der Waals surface area contributed by atoms with Crippen LogP contribution in [0.15, 0.2) is 0 Å². The molecule has 0 aromatic rings. The van der Waals surface area contributed by atoms with E-state index in [-0.39, 0.29) is 0 Å². The molecule has 1 aliphatic heterocycles. The quantitative estimate of drug-likeness (QED) is 0.744. The van der Waals surface area contributed by atoms with Gasteiger partial charge in [-0.05, 0) is 19.3 Å². The lowest BCUT2D eigenvalue weighted by Crippen LogP contribution is -2.55. The number of nitrogens with one attached hydrogen (secondary N) is 1. The minimum atomic E-state index is 0.715. The van der Waals surface area contributed by atoms with Gasteiger partial charge in [0.25, 0.3) is 0 Å². The summed E-state index contributed by atoms with van der Waals surface area (Å²) in [5.74, 6) is 0.841. The maximum Gasteiger partial charge on any atom is 0.0193 e. The molecule has 3 atom stereocenters. The van der Waals surface area contributed by atoms with Gasteiger partial charge in [0.05, 0.1) is 0 Å². The lowest BCUT2D eigenvalue weighted by atomic mass is 10.0. The minimum Gasteiger partial charge on any atom is -0.311 e. The van der Waals surface area contributed by atoms with Gasteiger partial charge in [0, 0.05) is 31.7 Å². The molecule has 0 amide bonds. The second-order valence-corrected chi connectivity index (χ2v) is 4.83. The Morgan fingerprint density at radius 2 is 2.14 bits per heavy atom. The van der Waals surface area contributed by atoms with Crippen LogP contribution in [0, 0.1) is 5.92 Å². The first kappa shape index (κ1) is 12.0. The second-order valence-electron chi connectivity index (χ2n) is 4.83. The van der Waals surface area contributed by atoms with Gasteiger partial charge >= 0.3 is 0 Å². The van der Waals surface area contributed by atoms with Crippen LogP contribution >= 0.6 is 0 Å². The average molecular weight is 198 g/mol. The molecule has 3 unspecified atom stereocenters. The number of hydrogen-bond acceptors (Lipinski definition) is 2. The maximum absolute atomic E-state index is 3.60. The van der Waals surface area contributed by atoms with E-state index in [2.05, 4.69) is 37.9 Å². The molecule has 1 fully saturated rings. The van der Waals surface area contributed by atoms with Gasteiger partial charge in [-0.2, -0.15) is 0 Å². The molecule has 0 spiro atoms. The van der Waals surface area contributed by atoms with Crippen LogP contribution in [-0.4, -0.2) is 36.6 Å². The van der Waals surface area contributed by atoms with Crippen molar-refractivity contribution in [3.63, 3.8) is 0 Å². The van der Waals surface area contributed by atoms with Crippen molar-refractivity contribution in [2.75, 3.05) is 19.6 Å². The van der Waals surface area contributed by atoms with Crippen LogP contribution in [0.5, 0.6) is 0 Å². The summed E-state index contributed by atoms with van der Waals surface area (Å²) >= 11 is 0. The van der Waals surface area contributed by atoms with Crippen molar-refractivity contribution in [3.05, 3.63) is 0 Å². The van der Waals surface area contributed by atoms with Gasteiger partial charge in [-0.25, -0.2) is 0 Å². The summed E-state index contributed by atoms with van der Waals surface area (Å²) in [6.45, 7) is 12.9. The van der Waals surface area contributed by atoms with Crippen LogP contribution in [0.25, 0.3) is 0 Å². The average Bonchev–Trinajstić information content (AvgIpc) is 2.21. The highest BCUT2D eigenvalue weighted by molar-refractivity contribution is 4.83. The van der Waals surface area contributed by atoms with Crippen molar-refractivity contribution in [1.29, 1.82) is 0 Å². The number of rotatable bonds is 4. The molecule has 14 heavy (non-hydrogen) atoms. The number of hydrogen-bond donors (Lipinski definition) is 1. The molecular weight excluding hydrogens is 172 g/mol. The normalized spacial score (nSPS) is 31.7. The highest BCUT2D eigenvalue weighted by Gasteiger charge is 2.24. The van der Waals surface area contributed by atoms with Crippen molar-refractivity contribution >= 4 is 0 Å². The van der Waals surface area contributed by atoms with E-state index in [1.54, 1.807) is 0 Å². The van der Waals surface area contributed by atoms with Crippen LogP contribution in [-0.2, 0) is 0 Å². The molecule has 0 radical (unpaired) electrons. The van der Waals surface area contributed by atoms with Gasteiger partial charge in [0.15, 0.2) is 0 Å². The van der Waals surface area contributed by atoms with E-state index >= 15 is 0 Å². The van der Waals surface area contributed by atoms with Gasteiger partial charge in [-0.3, -0.25) is 4.90 Å². The van der Waals surface area contributed by atoms with Gasteiger partial charge in [-0.15, -0.1) is 0 Å². The van der Waals surface area contributed by atoms with Crippen LogP contribution in [0.1, 0.15) is 40.5 Å². The zero-order chi connectivity index (χ0) is 10.6. The largest absolute Gasteiger partial charge is 0.311 e. The van der Waals surface area contributed by atoms with Gasteiger partial charge in [0.1, 0.15) is 0 Å². The van der Waals surface area contributed by atoms with E-state index in [0.29, 0.717) is 6.04 Å². The Balaban J connectivity index is 2.40. The number of piperazine rings is 1. The highest BCUT2D eigenvalue weighted by atomic mass is 15.2. The first-order valence-corrected chi connectivity index (χ1v) is 6.14. The molecule has 0 aromatic heterocycles. The minimum absolute atomic E-state index is 0.715. The van der Waals surface area contributed by atoms with Gasteiger partial charge in [-0.1, -0.05) is 27.2 Å². The van der Waals surface area contributed by atoms with E-state index in [1.165, 1.54) is 25.9 Å². The lowest BCUT2D eigenvalue weighted by molar-refractivity contribution is 0.120. The lowest BCUT2D eigenvalue weighted by Gasteiger charge is -2.39. The zero-order valence-electron chi connectivity index (χ0n) is 10.2. The van der Waals surface area contributed by atoms with Crippen molar-refractivity contribution in [1.82, 2.24) is 10.2 Å². The topological polar surface area (TPSA) is 15.3 Å². The van der Waals surface area contributed by atoms with E-state index < -0.39 is 0 Å². The third-order valence-corrected chi connectivity index (χ3v) is 3.52. The van der Waals surface area contributed by atoms with Crippen LogP contribution in [0.2, 0.25) is 0 Å². The predicted molar refractivity (Wildman–Crippen MR) is 62.6 cm³/mol. The van der Waals surface area contributed by atoms with Crippen LogP contribution in [0.4, 0.5) is 0 Å². The first-order valence-electron chi connectivity index (χ1n) is 6.14. The molecule has 0 bridgehead atoms. The Kier molecular flexibility index (Phi) is 4.90. The maximum atomic E-state index is 3.60. The summed E-state index contributed by atoms with van der Waals surface area (Å²) in [7, 11) is 0. The molecule has 84 valence electrons. The van der Waals surface area contributed by atoms with Gasteiger partial charge in [0.2, 0.25) is 0 Å². The smallest absolute Gasteiger partial charge is 0.0193 e. The Morgan fingerprint density at radius 1 is 1.43 bits per heavy atom. The van der Waals surface area contributed by atoms with Crippen LogP contribution < -0.4 is 5.32 Å². The fourth-order valence-electron chi connectivity index (χ4n) is 2.05. The third kappa shape index (κ3) is 3.25. The van der Waals surface area contributed by atoms with E-state index in [0.717, 1.165) is 18.5 Å². The molecule has 1 saturated heterocycles. The zero-order valence-corrected chi connectivity index (χ0v) is 10.2. The first-order chi connectivity index (χ1) is 6.67. The SMILES string of the molecule is CCC(C)CN1CC(CC)NCC1C. The summed E-state index contributed by atoms with van der Waals surface area (Å²) in [6.07, 6.45) is 2.55.